The van der Waals surface area contributed by atoms with Crippen molar-refractivity contribution in [3.8, 4) is 5.75 Å². The molecule has 0 aliphatic heterocycles. The smallest absolute Gasteiger partial charge is 0.339 e. The zero-order valence-corrected chi connectivity index (χ0v) is 15.8. The molecule has 1 amide bonds. The van der Waals surface area contributed by atoms with Gasteiger partial charge < -0.3 is 19.6 Å². The Morgan fingerprint density at radius 2 is 2.04 bits per heavy atom. The third-order valence-electron chi connectivity index (χ3n) is 4.53. The van der Waals surface area contributed by atoms with Crippen LogP contribution in [-0.4, -0.2) is 41.6 Å². The second-order valence-corrected chi connectivity index (χ2v) is 7.32. The average molecular weight is 391 g/mol. The van der Waals surface area contributed by atoms with E-state index in [0.717, 1.165) is 42.2 Å². The highest BCUT2D eigenvalue weighted by molar-refractivity contribution is 7.98. The maximum Gasteiger partial charge on any atom is 0.339 e. The summed E-state index contributed by atoms with van der Waals surface area (Å²) in [5, 5.41) is 12.4. The van der Waals surface area contributed by atoms with Crippen molar-refractivity contribution in [2.24, 2.45) is 0 Å². The molecule has 0 bridgehead atoms. The molecule has 0 saturated heterocycles. The van der Waals surface area contributed by atoms with E-state index < -0.39 is 17.9 Å². The topological polar surface area (TPSA) is 106 Å². The first-order valence-corrected chi connectivity index (χ1v) is 10.1. The van der Waals surface area contributed by atoms with Gasteiger partial charge in [-0.2, -0.15) is 11.8 Å². The molecule has 1 aromatic heterocycles. The van der Waals surface area contributed by atoms with Crippen molar-refractivity contribution in [2.45, 2.75) is 31.7 Å². The van der Waals surface area contributed by atoms with Crippen molar-refractivity contribution in [2.75, 3.05) is 18.6 Å². The maximum atomic E-state index is 12.2. The van der Waals surface area contributed by atoms with E-state index in [1.807, 2.05) is 6.07 Å². The number of fused-ring (bicyclic) bond motifs is 3. The minimum absolute atomic E-state index is 0.271. The molecule has 1 aromatic carbocycles. The van der Waals surface area contributed by atoms with Crippen LogP contribution < -0.4 is 15.7 Å². The van der Waals surface area contributed by atoms with Gasteiger partial charge in [-0.25, -0.2) is 9.59 Å². The van der Waals surface area contributed by atoms with Crippen LogP contribution in [-0.2, 0) is 22.4 Å². The molecule has 1 aliphatic carbocycles. The van der Waals surface area contributed by atoms with Crippen LogP contribution in [0.15, 0.2) is 27.4 Å². The second kappa shape index (κ2) is 8.47. The number of ether oxygens (including phenoxy) is 1. The number of nitrogens with one attached hydrogen (secondary N) is 1. The lowest BCUT2D eigenvalue weighted by Gasteiger charge is -2.16. The zero-order chi connectivity index (χ0) is 19.4. The van der Waals surface area contributed by atoms with E-state index in [-0.39, 0.29) is 18.0 Å². The van der Waals surface area contributed by atoms with Gasteiger partial charge in [0, 0.05) is 22.8 Å². The molecule has 27 heavy (non-hydrogen) atoms. The summed E-state index contributed by atoms with van der Waals surface area (Å²) >= 11 is 1.33. The fourth-order valence-corrected chi connectivity index (χ4v) is 3.80. The van der Waals surface area contributed by atoms with Crippen LogP contribution in [0.25, 0.3) is 11.0 Å². The zero-order valence-electron chi connectivity index (χ0n) is 14.9. The van der Waals surface area contributed by atoms with Gasteiger partial charge in [0.1, 0.15) is 17.4 Å². The molecule has 0 radical (unpaired) electrons. The standard InChI is InChI=1S/C19H21NO6S/c1-27-10-15(18(22)23)20-17(21)9-25-11-6-7-13-12-4-2-3-5-14(12)19(24)26-16(13)8-11/h6-8,15H,2-5,9-10H2,1H3,(H,20,21)(H,22,23). The van der Waals surface area contributed by atoms with Gasteiger partial charge in [-0.1, -0.05) is 0 Å². The van der Waals surface area contributed by atoms with Crippen molar-refractivity contribution in [3.63, 3.8) is 0 Å². The number of carboxylic acid groups (broad SMARTS) is 1. The van der Waals surface area contributed by atoms with E-state index >= 15 is 0 Å². The van der Waals surface area contributed by atoms with Crippen LogP contribution in [0.2, 0.25) is 0 Å². The SMILES string of the molecule is CSCC(NC(=O)COc1ccc2c3c(c(=O)oc2c1)CCCC3)C(=O)O. The summed E-state index contributed by atoms with van der Waals surface area (Å²) < 4.78 is 10.9. The van der Waals surface area contributed by atoms with Gasteiger partial charge in [-0.05, 0) is 49.6 Å². The Morgan fingerprint density at radius 3 is 2.74 bits per heavy atom. The Hall–Kier alpha value is -2.48. The summed E-state index contributed by atoms with van der Waals surface area (Å²) in [6.45, 7) is -0.321. The summed E-state index contributed by atoms with van der Waals surface area (Å²) in [5.74, 6) is -0.959. The maximum absolute atomic E-state index is 12.2. The first kappa shape index (κ1) is 19.3. The summed E-state index contributed by atoms with van der Waals surface area (Å²) in [4.78, 5) is 35.2. The number of carbonyl (C=O) groups excluding carboxylic acids is 1. The molecule has 8 heteroatoms. The molecule has 7 nitrogen and oxygen atoms in total. The van der Waals surface area contributed by atoms with Crippen LogP contribution in [0.4, 0.5) is 0 Å². The van der Waals surface area contributed by atoms with Gasteiger partial charge in [0.15, 0.2) is 6.61 Å². The normalized spacial score (nSPS) is 14.4. The minimum Gasteiger partial charge on any atom is -0.484 e. The molecule has 0 fully saturated rings. The number of carboxylic acids is 1. The molecule has 3 rings (SSSR count). The molecule has 1 heterocycles. The van der Waals surface area contributed by atoms with E-state index in [1.165, 1.54) is 11.8 Å². The Bertz CT molecular complexity index is 922. The van der Waals surface area contributed by atoms with Crippen LogP contribution in [0.3, 0.4) is 0 Å². The number of aryl methyl sites for hydroxylation is 1. The molecule has 0 spiro atoms. The minimum atomic E-state index is -1.09. The summed E-state index contributed by atoms with van der Waals surface area (Å²) in [6.07, 6.45) is 5.40. The van der Waals surface area contributed by atoms with Crippen molar-refractivity contribution in [1.29, 1.82) is 0 Å². The van der Waals surface area contributed by atoms with Crippen LogP contribution in [0.5, 0.6) is 5.75 Å². The van der Waals surface area contributed by atoms with Gasteiger partial charge >= 0.3 is 11.6 Å². The Balaban J connectivity index is 1.72. The highest BCUT2D eigenvalue weighted by atomic mass is 32.2. The predicted molar refractivity (Wildman–Crippen MR) is 103 cm³/mol. The lowest BCUT2D eigenvalue weighted by atomic mass is 9.91. The molecule has 1 atom stereocenters. The second-order valence-electron chi connectivity index (χ2n) is 6.41. The van der Waals surface area contributed by atoms with E-state index in [9.17, 15) is 14.4 Å². The Labute approximate surface area is 160 Å². The van der Waals surface area contributed by atoms with Crippen LogP contribution in [0.1, 0.15) is 24.0 Å². The van der Waals surface area contributed by atoms with Crippen molar-refractivity contribution >= 4 is 34.6 Å². The van der Waals surface area contributed by atoms with Crippen LogP contribution in [0, 0.1) is 0 Å². The number of hydrogen-bond acceptors (Lipinski definition) is 6. The Morgan fingerprint density at radius 1 is 1.30 bits per heavy atom. The largest absolute Gasteiger partial charge is 0.484 e. The number of amides is 1. The highest BCUT2D eigenvalue weighted by Crippen LogP contribution is 2.29. The fourth-order valence-electron chi connectivity index (χ4n) is 3.24. The third-order valence-corrected chi connectivity index (χ3v) is 5.20. The summed E-state index contributed by atoms with van der Waals surface area (Å²) in [6, 6.07) is 4.19. The summed E-state index contributed by atoms with van der Waals surface area (Å²) in [7, 11) is 0. The molecule has 2 aromatic rings. The Kier molecular flexibility index (Phi) is 6.05. The first-order chi connectivity index (χ1) is 13.0. The van der Waals surface area contributed by atoms with Gasteiger partial charge in [-0.3, -0.25) is 4.79 Å². The number of thioether (sulfide) groups is 1. The fraction of sp³-hybridized carbons (Fsp3) is 0.421. The molecular weight excluding hydrogens is 370 g/mol. The highest BCUT2D eigenvalue weighted by Gasteiger charge is 2.20. The molecule has 2 N–H and O–H groups in total. The van der Waals surface area contributed by atoms with E-state index in [4.69, 9.17) is 14.3 Å². The predicted octanol–water partition coefficient (Wildman–Crippen LogP) is 1.98. The lowest BCUT2D eigenvalue weighted by Crippen LogP contribution is -2.44. The monoisotopic (exact) mass is 391 g/mol. The average Bonchev–Trinajstić information content (AvgIpc) is 2.66. The lowest BCUT2D eigenvalue weighted by molar-refractivity contribution is -0.141. The van der Waals surface area contributed by atoms with E-state index in [0.29, 0.717) is 11.3 Å². The number of aliphatic carboxylic acids is 1. The van der Waals surface area contributed by atoms with Gasteiger partial charge in [0.05, 0.1) is 0 Å². The molecular formula is C19H21NO6S. The number of carbonyl (C=O) groups is 2. The van der Waals surface area contributed by atoms with E-state index in [2.05, 4.69) is 5.32 Å². The van der Waals surface area contributed by atoms with Gasteiger partial charge in [0.2, 0.25) is 0 Å². The van der Waals surface area contributed by atoms with Gasteiger partial charge in [-0.15, -0.1) is 0 Å². The van der Waals surface area contributed by atoms with Crippen molar-refractivity contribution < 1.29 is 23.8 Å². The molecule has 1 unspecified atom stereocenters. The van der Waals surface area contributed by atoms with Crippen molar-refractivity contribution in [1.82, 2.24) is 5.32 Å². The molecule has 0 saturated carbocycles. The molecule has 144 valence electrons. The summed E-state index contributed by atoms with van der Waals surface area (Å²) in [5.41, 5.74) is 1.92. The van der Waals surface area contributed by atoms with Crippen molar-refractivity contribution in [3.05, 3.63) is 39.7 Å². The van der Waals surface area contributed by atoms with Gasteiger partial charge in [0.25, 0.3) is 5.91 Å². The molecule has 1 aliphatic rings. The number of hydrogen-bond donors (Lipinski definition) is 2. The number of benzene rings is 1. The van der Waals surface area contributed by atoms with E-state index in [1.54, 1.807) is 18.4 Å². The quantitative estimate of drug-likeness (QED) is 0.695. The first-order valence-electron chi connectivity index (χ1n) is 8.72. The number of rotatable bonds is 7. The van der Waals surface area contributed by atoms with Crippen LogP contribution >= 0.6 is 11.8 Å². The third kappa shape index (κ3) is 4.44.